The molecule has 0 aliphatic heterocycles. The van der Waals surface area contributed by atoms with Crippen LogP contribution in [0.4, 0.5) is 0 Å². The van der Waals surface area contributed by atoms with Gasteiger partial charge in [0, 0.05) is 24.1 Å². The van der Waals surface area contributed by atoms with E-state index in [1.54, 1.807) is 0 Å². The Bertz CT molecular complexity index is 537. The van der Waals surface area contributed by atoms with Gasteiger partial charge in [0.1, 0.15) is 0 Å². The second-order valence-electron chi connectivity index (χ2n) is 11.8. The molecule has 0 aromatic carbocycles. The Morgan fingerprint density at radius 2 is 0.895 bits per heavy atom. The summed E-state index contributed by atoms with van der Waals surface area (Å²) in [4.78, 5) is 37.9. The van der Waals surface area contributed by atoms with Crippen LogP contribution < -0.4 is 0 Å². The van der Waals surface area contributed by atoms with E-state index in [-0.39, 0.29) is 22.8 Å². The number of unbranched alkanes of at least 4 members (excludes halogenated alkanes) is 16. The van der Waals surface area contributed by atoms with E-state index in [0.29, 0.717) is 19.4 Å². The van der Waals surface area contributed by atoms with E-state index in [1.165, 1.54) is 96.3 Å². The van der Waals surface area contributed by atoms with Gasteiger partial charge in [-0.2, -0.15) is 0 Å². The summed E-state index contributed by atoms with van der Waals surface area (Å²) >= 11 is 0. The molecule has 0 aromatic rings. The van der Waals surface area contributed by atoms with Crippen LogP contribution in [-0.2, 0) is 19.3 Å². The lowest BCUT2D eigenvalue weighted by Crippen LogP contribution is -2.58. The van der Waals surface area contributed by atoms with Crippen LogP contribution in [0.15, 0.2) is 0 Å². The summed E-state index contributed by atoms with van der Waals surface area (Å²) in [5.41, 5.74) is 0. The Morgan fingerprint density at radius 3 is 1.26 bits per heavy atom. The monoisotopic (exact) mass is 538 g/mol. The number of hydroxylamine groups is 4. The van der Waals surface area contributed by atoms with Crippen molar-refractivity contribution in [2.45, 2.75) is 194 Å². The molecular weight excluding hydrogens is 474 g/mol. The lowest BCUT2D eigenvalue weighted by molar-refractivity contribution is -1.24. The van der Waals surface area contributed by atoms with Crippen LogP contribution in [-0.4, -0.2) is 29.3 Å². The lowest BCUT2D eigenvalue weighted by Gasteiger charge is -2.38. The smallest absolute Gasteiger partial charge is 0.245 e. The van der Waals surface area contributed by atoms with Crippen molar-refractivity contribution in [3.8, 4) is 0 Å². The maximum absolute atomic E-state index is 13.0. The quantitative estimate of drug-likeness (QED) is 0.0659. The number of hydrogen-bond acceptors (Lipinski definition) is 4. The highest BCUT2D eigenvalue weighted by Gasteiger charge is 2.47. The van der Waals surface area contributed by atoms with Gasteiger partial charge < -0.3 is 0 Å². The Morgan fingerprint density at radius 1 is 0.526 bits per heavy atom. The van der Waals surface area contributed by atoms with Gasteiger partial charge in [0.15, 0.2) is 12.6 Å². The molecule has 0 N–H and O–H groups in total. The number of hydrogen-bond donors (Lipinski definition) is 0. The third-order valence-corrected chi connectivity index (χ3v) is 8.15. The van der Waals surface area contributed by atoms with Crippen molar-refractivity contribution in [2.75, 3.05) is 6.54 Å². The predicted molar refractivity (Wildman–Crippen MR) is 158 cm³/mol. The number of rotatable bonds is 25. The molecule has 224 valence electrons. The highest BCUT2D eigenvalue weighted by Crippen LogP contribution is 2.31. The summed E-state index contributed by atoms with van der Waals surface area (Å²) < 4.78 is 0. The normalized spacial score (nSPS) is 14.5. The molecular formula is C33H64NO4+. The summed E-state index contributed by atoms with van der Waals surface area (Å²) in [7, 11) is 0. The molecule has 0 atom stereocenters. The fourth-order valence-electron chi connectivity index (χ4n) is 5.82. The lowest BCUT2D eigenvalue weighted by atomic mass is 9.95. The summed E-state index contributed by atoms with van der Waals surface area (Å²) in [6.07, 6.45) is 28.9. The fraction of sp³-hybridized carbons (Fsp3) is 0.939. The molecule has 0 heterocycles. The van der Waals surface area contributed by atoms with Crippen molar-refractivity contribution in [1.29, 1.82) is 0 Å². The Kier molecular flexibility index (Phi) is 21.8. The second-order valence-corrected chi connectivity index (χ2v) is 11.8. The number of carbonyl (C=O) groups is 2. The third kappa shape index (κ3) is 16.8. The van der Waals surface area contributed by atoms with Crippen LogP contribution in [0, 0.1) is 0 Å². The van der Waals surface area contributed by atoms with E-state index in [2.05, 4.69) is 20.8 Å². The standard InChI is InChI=1S/C33H64NO4/c1-4-7-9-11-13-15-17-19-24-28-32(35)37-34(30-6-3,31-26-22-21-23-27-31)38-33(36)29-25-20-18-16-14-12-10-8-5-2/h31H,4-30H2,1-3H3/q+1. The third-order valence-electron chi connectivity index (χ3n) is 8.15. The SMILES string of the molecule is CCCCCCCCCCCC(=O)O[N+](CCC)(OC(=O)CCCCCCCCCCC)C1CCCCC1. The first-order chi connectivity index (χ1) is 18.6. The van der Waals surface area contributed by atoms with Crippen molar-refractivity contribution in [3.05, 3.63) is 0 Å². The van der Waals surface area contributed by atoms with Crippen LogP contribution in [0.3, 0.4) is 0 Å². The van der Waals surface area contributed by atoms with Gasteiger partial charge in [-0.3, -0.25) is 0 Å². The summed E-state index contributed by atoms with van der Waals surface area (Å²) in [6, 6.07) is 0.0721. The molecule has 0 saturated heterocycles. The van der Waals surface area contributed by atoms with Gasteiger partial charge in [-0.05, 0) is 25.7 Å². The molecule has 0 aromatic heterocycles. The maximum Gasteiger partial charge on any atom is 0.372 e. The molecule has 5 heteroatoms. The van der Waals surface area contributed by atoms with Crippen molar-refractivity contribution < 1.29 is 24.1 Å². The highest BCUT2D eigenvalue weighted by atomic mass is 17.0. The zero-order valence-electron chi connectivity index (χ0n) is 25.7. The van der Waals surface area contributed by atoms with E-state index in [9.17, 15) is 9.59 Å². The molecule has 38 heavy (non-hydrogen) atoms. The van der Waals surface area contributed by atoms with Crippen molar-refractivity contribution in [3.63, 3.8) is 0 Å². The van der Waals surface area contributed by atoms with E-state index < -0.39 is 0 Å². The van der Waals surface area contributed by atoms with Gasteiger partial charge in [0.25, 0.3) is 0 Å². The van der Waals surface area contributed by atoms with Gasteiger partial charge >= 0.3 is 11.9 Å². The average molecular weight is 539 g/mol. The highest BCUT2D eigenvalue weighted by molar-refractivity contribution is 5.69. The van der Waals surface area contributed by atoms with Gasteiger partial charge in [-0.25, -0.2) is 19.3 Å². The first-order valence-electron chi connectivity index (χ1n) is 16.9. The fourth-order valence-corrected chi connectivity index (χ4v) is 5.82. The first-order valence-corrected chi connectivity index (χ1v) is 16.9. The minimum Gasteiger partial charge on any atom is -0.245 e. The molecule has 1 aliphatic rings. The topological polar surface area (TPSA) is 52.6 Å². The zero-order chi connectivity index (χ0) is 27.7. The molecule has 5 nitrogen and oxygen atoms in total. The molecule has 0 spiro atoms. The molecule has 1 aliphatic carbocycles. The second kappa shape index (κ2) is 23.8. The molecule has 1 fully saturated rings. The van der Waals surface area contributed by atoms with Gasteiger partial charge in [0.2, 0.25) is 0 Å². The van der Waals surface area contributed by atoms with Gasteiger partial charge in [-0.1, -0.05) is 130 Å². The summed E-state index contributed by atoms with van der Waals surface area (Å²) in [6.45, 7) is 7.14. The zero-order valence-corrected chi connectivity index (χ0v) is 25.7. The van der Waals surface area contributed by atoms with Crippen molar-refractivity contribution >= 4 is 11.9 Å². The number of quaternary nitrogens is 1. The molecule has 1 rings (SSSR count). The molecule has 0 radical (unpaired) electrons. The summed E-state index contributed by atoms with van der Waals surface area (Å²) in [5, 5.41) is 0. The van der Waals surface area contributed by atoms with E-state index in [4.69, 9.17) is 9.68 Å². The van der Waals surface area contributed by atoms with Gasteiger partial charge in [-0.15, -0.1) is 0 Å². The van der Waals surface area contributed by atoms with Crippen LogP contribution in [0.1, 0.15) is 188 Å². The minimum absolute atomic E-state index is 0.0721. The number of carbonyl (C=O) groups excluding carboxylic acids is 2. The van der Waals surface area contributed by atoms with Gasteiger partial charge in [0.05, 0.1) is 12.8 Å². The Hall–Kier alpha value is -1.10. The van der Waals surface area contributed by atoms with Crippen molar-refractivity contribution in [2.24, 2.45) is 0 Å². The summed E-state index contributed by atoms with van der Waals surface area (Å²) in [5.74, 6) is -0.411. The average Bonchev–Trinajstić information content (AvgIpc) is 2.91. The van der Waals surface area contributed by atoms with Crippen LogP contribution in [0.25, 0.3) is 0 Å². The van der Waals surface area contributed by atoms with Crippen LogP contribution >= 0.6 is 0 Å². The van der Waals surface area contributed by atoms with Crippen LogP contribution in [0.2, 0.25) is 0 Å². The molecule has 0 unspecified atom stereocenters. The maximum atomic E-state index is 13.0. The van der Waals surface area contributed by atoms with E-state index >= 15 is 0 Å². The van der Waals surface area contributed by atoms with Crippen LogP contribution in [0.5, 0.6) is 0 Å². The largest absolute Gasteiger partial charge is 0.372 e. The van der Waals surface area contributed by atoms with E-state index in [0.717, 1.165) is 57.8 Å². The molecule has 0 bridgehead atoms. The van der Waals surface area contributed by atoms with Crippen molar-refractivity contribution in [1.82, 2.24) is 0 Å². The number of nitrogens with zero attached hydrogens (tertiary/aromatic N) is 1. The Balaban J connectivity index is 2.48. The molecule has 0 amide bonds. The molecule has 1 saturated carbocycles. The minimum atomic E-state index is -0.219. The van der Waals surface area contributed by atoms with E-state index in [1.807, 2.05) is 0 Å². The Labute approximate surface area is 236 Å². The first kappa shape index (κ1) is 34.9. The predicted octanol–water partition coefficient (Wildman–Crippen LogP) is 10.3.